The highest BCUT2D eigenvalue weighted by Gasteiger charge is 2.26. The molecule has 2 nitrogen and oxygen atoms in total. The molecular weight excluding hydrogens is 259 g/mol. The largest absolute Gasteiger partial charge is 0.397 e. The molecule has 1 aromatic rings. The molecule has 2 unspecified atom stereocenters. The zero-order valence-electron chi connectivity index (χ0n) is 9.67. The molecule has 17 heavy (non-hydrogen) atoms. The van der Waals surface area contributed by atoms with Crippen LogP contribution in [0.2, 0.25) is 5.02 Å². The van der Waals surface area contributed by atoms with E-state index in [4.69, 9.17) is 17.3 Å². The van der Waals surface area contributed by atoms with E-state index in [2.05, 4.69) is 11.6 Å². The van der Waals surface area contributed by atoms with E-state index in [0.29, 0.717) is 22.7 Å². The van der Waals surface area contributed by atoms with E-state index in [1.807, 2.05) is 11.8 Å². The summed E-state index contributed by atoms with van der Waals surface area (Å²) in [6.45, 7) is 0. The van der Waals surface area contributed by atoms with Gasteiger partial charge in [0.1, 0.15) is 5.82 Å². The second kappa shape index (κ2) is 5.36. The molecule has 1 aliphatic rings. The number of nitrogens with two attached hydrogens (primary N) is 1. The zero-order chi connectivity index (χ0) is 12.4. The first-order valence-corrected chi connectivity index (χ1v) is 7.32. The van der Waals surface area contributed by atoms with Crippen LogP contribution in [0.3, 0.4) is 0 Å². The third-order valence-electron chi connectivity index (χ3n) is 3.19. The summed E-state index contributed by atoms with van der Waals surface area (Å²) in [5.41, 5.74) is 6.99. The van der Waals surface area contributed by atoms with Crippen molar-refractivity contribution in [1.29, 1.82) is 0 Å². The number of thioether (sulfide) groups is 1. The van der Waals surface area contributed by atoms with E-state index in [0.717, 1.165) is 6.42 Å². The molecule has 3 N–H and O–H groups in total. The maximum Gasteiger partial charge on any atom is 0.143 e. The minimum absolute atomic E-state index is 0.0703. The third-order valence-corrected chi connectivity index (χ3v) is 4.65. The normalized spacial score (nSPS) is 23.9. The molecule has 0 aliphatic heterocycles. The number of nitrogens with one attached hydrogen (secondary N) is 1. The predicted molar refractivity (Wildman–Crippen MR) is 74.4 cm³/mol. The minimum atomic E-state index is -0.429. The van der Waals surface area contributed by atoms with Crippen molar-refractivity contribution in [3.05, 3.63) is 23.0 Å². The fourth-order valence-corrected chi connectivity index (χ4v) is 3.37. The second-order valence-corrected chi connectivity index (χ2v) is 5.79. The van der Waals surface area contributed by atoms with Crippen LogP contribution in [0, 0.1) is 5.82 Å². The van der Waals surface area contributed by atoms with E-state index >= 15 is 0 Å². The van der Waals surface area contributed by atoms with Crippen LogP contribution in [0.1, 0.15) is 19.3 Å². The van der Waals surface area contributed by atoms with Gasteiger partial charge in [-0.15, -0.1) is 0 Å². The lowest BCUT2D eigenvalue weighted by molar-refractivity contribution is 0.628. The van der Waals surface area contributed by atoms with Crippen molar-refractivity contribution in [2.45, 2.75) is 30.6 Å². The number of hydrogen-bond acceptors (Lipinski definition) is 3. The van der Waals surface area contributed by atoms with Crippen LogP contribution in [0.25, 0.3) is 0 Å². The quantitative estimate of drug-likeness (QED) is 0.825. The van der Waals surface area contributed by atoms with Crippen molar-refractivity contribution in [3.63, 3.8) is 0 Å². The summed E-state index contributed by atoms with van der Waals surface area (Å²) in [5, 5.41) is 3.98. The fraction of sp³-hybridized carbons (Fsp3) is 0.500. The summed E-state index contributed by atoms with van der Waals surface area (Å²) in [7, 11) is 0. The Morgan fingerprint density at radius 3 is 2.94 bits per heavy atom. The molecule has 0 radical (unpaired) electrons. The van der Waals surface area contributed by atoms with Gasteiger partial charge < -0.3 is 11.1 Å². The highest BCUT2D eigenvalue weighted by Crippen LogP contribution is 2.33. The average molecular weight is 275 g/mol. The van der Waals surface area contributed by atoms with Crippen LogP contribution < -0.4 is 11.1 Å². The van der Waals surface area contributed by atoms with E-state index in [1.54, 1.807) is 0 Å². The SMILES string of the molecule is CSC1CCCC1Nc1cc(F)c(Cl)cc1N. The molecule has 0 saturated heterocycles. The molecule has 1 aromatic carbocycles. The van der Waals surface area contributed by atoms with Crippen LogP contribution in [-0.4, -0.2) is 17.5 Å². The third kappa shape index (κ3) is 2.80. The number of halogens is 2. The molecule has 1 fully saturated rings. The Balaban J connectivity index is 2.15. The Bertz CT molecular complexity index is 414. The summed E-state index contributed by atoms with van der Waals surface area (Å²) in [5.74, 6) is -0.429. The molecule has 0 spiro atoms. The molecule has 94 valence electrons. The first-order chi connectivity index (χ1) is 8.11. The monoisotopic (exact) mass is 274 g/mol. The van der Waals surface area contributed by atoms with Crippen LogP contribution in [0.4, 0.5) is 15.8 Å². The Morgan fingerprint density at radius 1 is 1.47 bits per heavy atom. The van der Waals surface area contributed by atoms with Crippen molar-refractivity contribution in [3.8, 4) is 0 Å². The molecule has 0 bridgehead atoms. The van der Waals surface area contributed by atoms with Gasteiger partial charge in [0, 0.05) is 17.4 Å². The zero-order valence-corrected chi connectivity index (χ0v) is 11.2. The molecule has 2 rings (SSSR count). The molecule has 5 heteroatoms. The van der Waals surface area contributed by atoms with Crippen LogP contribution >= 0.6 is 23.4 Å². The molecule has 0 amide bonds. The molecule has 0 heterocycles. The smallest absolute Gasteiger partial charge is 0.143 e. The molecule has 1 aliphatic carbocycles. The topological polar surface area (TPSA) is 38.0 Å². The molecular formula is C12H16ClFN2S. The fourth-order valence-electron chi connectivity index (χ4n) is 2.26. The lowest BCUT2D eigenvalue weighted by atomic mass is 10.2. The van der Waals surface area contributed by atoms with Gasteiger partial charge in [0.2, 0.25) is 0 Å². The van der Waals surface area contributed by atoms with Gasteiger partial charge >= 0.3 is 0 Å². The number of nitrogen functional groups attached to an aromatic ring is 1. The summed E-state index contributed by atoms with van der Waals surface area (Å²) in [4.78, 5) is 0. The van der Waals surface area contributed by atoms with E-state index < -0.39 is 5.82 Å². The van der Waals surface area contributed by atoms with Gasteiger partial charge in [-0.1, -0.05) is 18.0 Å². The lowest BCUT2D eigenvalue weighted by Gasteiger charge is -2.21. The number of benzene rings is 1. The van der Waals surface area contributed by atoms with E-state index in [1.165, 1.54) is 25.0 Å². The molecule has 0 aromatic heterocycles. The van der Waals surface area contributed by atoms with Crippen LogP contribution in [0.5, 0.6) is 0 Å². The summed E-state index contributed by atoms with van der Waals surface area (Å²) >= 11 is 7.52. The summed E-state index contributed by atoms with van der Waals surface area (Å²) in [6.07, 6.45) is 5.62. The predicted octanol–water partition coefficient (Wildman–Crippen LogP) is 3.76. The maximum absolute atomic E-state index is 13.4. The molecule has 1 saturated carbocycles. The first-order valence-electron chi connectivity index (χ1n) is 5.65. The van der Waals surface area contributed by atoms with E-state index in [-0.39, 0.29) is 5.02 Å². The Kier molecular flexibility index (Phi) is 4.05. The number of hydrogen-bond donors (Lipinski definition) is 2. The number of anilines is 2. The van der Waals surface area contributed by atoms with Gasteiger partial charge in [0.05, 0.1) is 16.4 Å². The highest BCUT2D eigenvalue weighted by molar-refractivity contribution is 7.99. The van der Waals surface area contributed by atoms with Gasteiger partial charge in [-0.2, -0.15) is 11.8 Å². The highest BCUT2D eigenvalue weighted by atomic mass is 35.5. The average Bonchev–Trinajstić information content (AvgIpc) is 2.73. The van der Waals surface area contributed by atoms with Gasteiger partial charge in [-0.25, -0.2) is 4.39 Å². The van der Waals surface area contributed by atoms with Crippen LogP contribution in [-0.2, 0) is 0 Å². The summed E-state index contributed by atoms with van der Waals surface area (Å²) in [6, 6.07) is 3.21. The van der Waals surface area contributed by atoms with E-state index in [9.17, 15) is 4.39 Å². The summed E-state index contributed by atoms with van der Waals surface area (Å²) < 4.78 is 13.4. The second-order valence-electron chi connectivity index (χ2n) is 4.31. The Morgan fingerprint density at radius 2 is 2.24 bits per heavy atom. The van der Waals surface area contributed by atoms with Crippen molar-refractivity contribution >= 4 is 34.7 Å². The van der Waals surface area contributed by atoms with Crippen molar-refractivity contribution < 1.29 is 4.39 Å². The first kappa shape index (κ1) is 12.8. The van der Waals surface area contributed by atoms with Crippen LogP contribution in [0.15, 0.2) is 12.1 Å². The molecule has 2 atom stereocenters. The van der Waals surface area contributed by atoms with Crippen molar-refractivity contribution in [2.24, 2.45) is 0 Å². The maximum atomic E-state index is 13.4. The standard InChI is InChI=1S/C12H16ClFN2S/c1-17-12-4-2-3-10(12)16-11-6-8(14)7(13)5-9(11)15/h5-6,10,12,16H,2-4,15H2,1H3. The lowest BCUT2D eigenvalue weighted by Crippen LogP contribution is -2.26. The van der Waals surface area contributed by atoms with Crippen molar-refractivity contribution in [1.82, 2.24) is 0 Å². The van der Waals surface area contributed by atoms with Crippen molar-refractivity contribution in [2.75, 3.05) is 17.3 Å². The minimum Gasteiger partial charge on any atom is -0.397 e. The van der Waals surface area contributed by atoms with Gasteiger partial charge in [0.25, 0.3) is 0 Å². The number of rotatable bonds is 3. The van der Waals surface area contributed by atoms with Gasteiger partial charge in [-0.3, -0.25) is 0 Å². The Hall–Kier alpha value is -0.610. The van der Waals surface area contributed by atoms with Gasteiger partial charge in [0.15, 0.2) is 0 Å². The van der Waals surface area contributed by atoms with Gasteiger partial charge in [-0.05, 0) is 25.2 Å². The Labute approximate surface area is 110 Å².